The smallest absolute Gasteiger partial charge is 0.294 e. The van der Waals surface area contributed by atoms with Crippen LogP contribution in [0, 0.1) is 11.7 Å². The van der Waals surface area contributed by atoms with Crippen LogP contribution >= 0.6 is 39.1 Å². The second kappa shape index (κ2) is 12.4. The Balaban J connectivity index is 2.18. The van der Waals surface area contributed by atoms with Crippen LogP contribution in [-0.4, -0.2) is 33.9 Å². The molecule has 0 radical (unpaired) electrons. The highest BCUT2D eigenvalue weighted by Gasteiger charge is 2.39. The summed E-state index contributed by atoms with van der Waals surface area (Å²) in [5, 5.41) is -1.11. The van der Waals surface area contributed by atoms with Crippen molar-refractivity contribution in [1.82, 2.24) is 0 Å². The zero-order valence-corrected chi connectivity index (χ0v) is 22.2. The normalized spacial score (nSPS) is 15.2. The first-order valence-corrected chi connectivity index (χ1v) is 13.2. The molecule has 2 nitrogen and oxygen atoms in total. The summed E-state index contributed by atoms with van der Waals surface area (Å²) in [5.74, 6) is -5.96. The molecule has 0 aromatic heterocycles. The van der Waals surface area contributed by atoms with E-state index in [1.165, 1.54) is 25.1 Å². The van der Waals surface area contributed by atoms with Crippen LogP contribution in [0.1, 0.15) is 40.7 Å². The number of carbonyl (C=O) groups is 1. The van der Waals surface area contributed by atoms with Crippen LogP contribution in [0.15, 0.2) is 40.9 Å². The largest absolute Gasteiger partial charge is 0.400 e. The van der Waals surface area contributed by atoms with Gasteiger partial charge in [0.05, 0.1) is 16.0 Å². The van der Waals surface area contributed by atoms with Gasteiger partial charge in [-0.05, 0) is 41.3 Å². The van der Waals surface area contributed by atoms with Crippen molar-refractivity contribution in [3.8, 4) is 0 Å². The van der Waals surface area contributed by atoms with Crippen molar-refractivity contribution in [3.63, 3.8) is 0 Å². The highest BCUT2D eigenvalue weighted by molar-refractivity contribution is 9.10. The Morgan fingerprint density at radius 1 is 1.08 bits per heavy atom. The van der Waals surface area contributed by atoms with Gasteiger partial charge in [0.15, 0.2) is 11.6 Å². The molecule has 0 saturated carbocycles. The van der Waals surface area contributed by atoms with Gasteiger partial charge in [-0.2, -0.15) is 26.3 Å². The van der Waals surface area contributed by atoms with Gasteiger partial charge in [-0.1, -0.05) is 64.3 Å². The minimum atomic E-state index is -4.74. The number of hydrogen-bond acceptors (Lipinski definition) is 2. The van der Waals surface area contributed by atoms with E-state index >= 15 is 0 Å². The first kappa shape index (κ1) is 30.8. The Hall–Kier alpha value is -1.43. The summed E-state index contributed by atoms with van der Waals surface area (Å²) in [6.07, 6.45) is -7.48. The monoisotopic (exact) mass is 640 g/mol. The van der Waals surface area contributed by atoms with Gasteiger partial charge < -0.3 is 0 Å². The second-order valence-electron chi connectivity index (χ2n) is 8.01. The van der Waals surface area contributed by atoms with E-state index in [1.807, 2.05) is 0 Å². The second-order valence-corrected chi connectivity index (χ2v) is 11.2. The number of ketones is 1. The third kappa shape index (κ3) is 9.15. The average molecular weight is 642 g/mol. The fourth-order valence-corrected chi connectivity index (χ4v) is 5.63. The number of benzene rings is 2. The third-order valence-electron chi connectivity index (χ3n) is 4.82. The van der Waals surface area contributed by atoms with Gasteiger partial charge in [0, 0.05) is 33.0 Å². The fraction of sp³-hybridized carbons (Fsp3) is 0.348. The lowest BCUT2D eigenvalue weighted by Gasteiger charge is -2.18. The van der Waals surface area contributed by atoms with E-state index in [9.17, 15) is 39.7 Å². The van der Waals surface area contributed by atoms with E-state index in [0.29, 0.717) is 5.56 Å². The Kier molecular flexibility index (Phi) is 10.6. The van der Waals surface area contributed by atoms with E-state index in [-0.39, 0.29) is 27.8 Å². The van der Waals surface area contributed by atoms with Crippen LogP contribution in [0.25, 0.3) is 6.08 Å². The van der Waals surface area contributed by atoms with E-state index in [4.69, 9.17) is 23.2 Å². The van der Waals surface area contributed by atoms with Crippen LogP contribution in [0.4, 0.5) is 30.7 Å². The first-order chi connectivity index (χ1) is 16.5. The molecule has 0 amide bonds. The minimum absolute atomic E-state index is 0.167. The number of halogens is 10. The van der Waals surface area contributed by atoms with Crippen molar-refractivity contribution in [2.75, 3.05) is 11.5 Å². The summed E-state index contributed by atoms with van der Waals surface area (Å²) < 4.78 is 103. The van der Waals surface area contributed by atoms with Crippen molar-refractivity contribution >= 4 is 61.8 Å². The Morgan fingerprint density at radius 2 is 1.67 bits per heavy atom. The number of carbonyl (C=O) groups excluding carboxylic acids is 1. The van der Waals surface area contributed by atoms with Crippen LogP contribution in [0.2, 0.25) is 10.0 Å². The number of hydrogen-bond donors (Lipinski definition) is 0. The summed E-state index contributed by atoms with van der Waals surface area (Å²) in [7, 11) is -2.16. The SMILES string of the molecule is C[C@@H](CC(=O)c1ccc(/C=C/C(c2cc(Cl)c(F)c(Cl)c2)C(F)(F)F)cc1Br)CS(=O)CC(F)(F)F. The molecule has 0 bridgehead atoms. The van der Waals surface area contributed by atoms with Gasteiger partial charge in [-0.25, -0.2) is 4.39 Å². The molecule has 3 atom stereocenters. The minimum Gasteiger partial charge on any atom is -0.294 e. The zero-order valence-electron chi connectivity index (χ0n) is 18.3. The highest BCUT2D eigenvalue weighted by atomic mass is 79.9. The number of Topliss-reactive ketones (excluding diaryl/α,β-unsaturated/α-hetero) is 1. The van der Waals surface area contributed by atoms with E-state index in [2.05, 4.69) is 15.9 Å². The Bertz CT molecular complexity index is 1140. The summed E-state index contributed by atoms with van der Waals surface area (Å²) in [4.78, 5) is 12.6. The van der Waals surface area contributed by atoms with Crippen LogP contribution in [-0.2, 0) is 10.8 Å². The molecule has 0 aliphatic carbocycles. The summed E-state index contributed by atoms with van der Waals surface area (Å²) >= 11 is 14.5. The summed E-state index contributed by atoms with van der Waals surface area (Å²) in [6, 6.07) is 5.82. The van der Waals surface area contributed by atoms with E-state index in [1.54, 1.807) is 0 Å². The maximum atomic E-state index is 13.7. The predicted octanol–water partition coefficient (Wildman–Crippen LogP) is 8.77. The van der Waals surface area contributed by atoms with Gasteiger partial charge in [-0.15, -0.1) is 0 Å². The highest BCUT2D eigenvalue weighted by Crippen LogP contribution is 2.39. The molecule has 36 heavy (non-hydrogen) atoms. The molecule has 2 rings (SSSR count). The average Bonchev–Trinajstić information content (AvgIpc) is 2.69. The number of allylic oxidation sites excluding steroid dienone is 1. The first-order valence-electron chi connectivity index (χ1n) is 10.1. The number of rotatable bonds is 9. The topological polar surface area (TPSA) is 34.1 Å². The van der Waals surface area contributed by atoms with E-state index in [0.717, 1.165) is 24.3 Å². The zero-order chi connectivity index (χ0) is 27.4. The van der Waals surface area contributed by atoms with Crippen molar-refractivity contribution in [2.24, 2.45) is 5.92 Å². The lowest BCUT2D eigenvalue weighted by molar-refractivity contribution is -0.139. The van der Waals surface area contributed by atoms with Gasteiger partial charge >= 0.3 is 12.4 Å². The number of alkyl halides is 6. The summed E-state index contributed by atoms with van der Waals surface area (Å²) in [5.41, 5.74) is 0.106. The molecular formula is C23H18BrCl2F7O2S. The lowest BCUT2D eigenvalue weighted by atomic mass is 9.96. The maximum Gasteiger partial charge on any atom is 0.400 e. The molecule has 0 spiro atoms. The van der Waals surface area contributed by atoms with Crippen molar-refractivity contribution < 1.29 is 39.7 Å². The molecule has 2 unspecified atom stereocenters. The van der Waals surface area contributed by atoms with Gasteiger partial charge in [0.2, 0.25) is 0 Å². The molecule has 13 heteroatoms. The van der Waals surface area contributed by atoms with Crippen LogP contribution < -0.4 is 0 Å². The Labute approximate surface area is 223 Å². The van der Waals surface area contributed by atoms with Gasteiger partial charge in [0.25, 0.3) is 0 Å². The fourth-order valence-electron chi connectivity index (χ4n) is 3.28. The van der Waals surface area contributed by atoms with E-state index < -0.39 is 62.4 Å². The van der Waals surface area contributed by atoms with Crippen LogP contribution in [0.5, 0.6) is 0 Å². The molecule has 2 aromatic rings. The summed E-state index contributed by atoms with van der Waals surface area (Å²) in [6.45, 7) is 1.50. The van der Waals surface area contributed by atoms with Crippen molar-refractivity contribution in [3.05, 3.63) is 73.4 Å². The lowest BCUT2D eigenvalue weighted by Crippen LogP contribution is -2.23. The van der Waals surface area contributed by atoms with Gasteiger partial charge in [-0.3, -0.25) is 9.00 Å². The molecule has 0 fully saturated rings. The third-order valence-corrected chi connectivity index (χ3v) is 7.62. The molecule has 198 valence electrons. The van der Waals surface area contributed by atoms with Crippen LogP contribution in [0.3, 0.4) is 0 Å². The standard InChI is InChI=1S/C23H18BrCl2F7O2S/c1-12(10-36(35)11-22(28,29)30)6-20(34)15-4-2-13(7-17(15)24)3-5-16(23(31,32)33)14-8-18(25)21(27)19(26)9-14/h2-5,7-9,12,16H,6,10-11H2,1H3/b5-3+/t12-,16?,36?/m0/s1. The molecule has 0 heterocycles. The predicted molar refractivity (Wildman–Crippen MR) is 130 cm³/mol. The molecular weight excluding hydrogens is 624 g/mol. The Morgan fingerprint density at radius 3 is 2.17 bits per heavy atom. The molecule has 2 aromatic carbocycles. The molecule has 0 aliphatic heterocycles. The van der Waals surface area contributed by atoms with Crippen molar-refractivity contribution in [1.29, 1.82) is 0 Å². The molecule has 0 N–H and O–H groups in total. The quantitative estimate of drug-likeness (QED) is 0.156. The van der Waals surface area contributed by atoms with Crippen molar-refractivity contribution in [2.45, 2.75) is 31.6 Å². The maximum absolute atomic E-state index is 13.7. The molecule has 0 aliphatic rings. The molecule has 0 saturated heterocycles. The van der Waals surface area contributed by atoms with Gasteiger partial charge in [0.1, 0.15) is 5.75 Å².